The molecule has 7 nitrogen and oxygen atoms in total. The van der Waals surface area contributed by atoms with Crippen LogP contribution in [0.25, 0.3) is 0 Å². The van der Waals surface area contributed by atoms with Crippen LogP contribution in [0, 0.1) is 0 Å². The third-order valence-electron chi connectivity index (χ3n) is 7.04. The molecule has 51 heavy (non-hydrogen) atoms. The number of hydrogen-bond acceptors (Lipinski definition) is 9. The molecule has 0 bridgehead atoms. The van der Waals surface area contributed by atoms with Crippen molar-refractivity contribution in [2.24, 2.45) is 0 Å². The van der Waals surface area contributed by atoms with E-state index in [0.717, 1.165) is 49.1 Å². The lowest BCUT2D eigenvalue weighted by Crippen LogP contribution is -2.33. The number of carbonyl (C=O) groups is 1. The normalized spacial score (nSPS) is 13.0. The van der Waals surface area contributed by atoms with E-state index in [1.54, 1.807) is 17.8 Å². The highest BCUT2D eigenvalue weighted by atomic mass is 32.2. The number of carboxylic acid groups (broad SMARTS) is 1. The lowest BCUT2D eigenvalue weighted by atomic mass is 10.1. The maximum Gasteiger partial charge on any atom is 0.341 e. The Hall–Kier alpha value is -2.50. The number of nitrogens with zero attached hydrogens (tertiary/aromatic N) is 2. The molecule has 0 aliphatic carbocycles. The summed E-state index contributed by atoms with van der Waals surface area (Å²) in [5.74, 6) is 1.62. The first-order chi connectivity index (χ1) is 24.4. The zero-order chi connectivity index (χ0) is 37.4. The molecule has 1 N–H and O–H groups in total. The summed E-state index contributed by atoms with van der Waals surface area (Å²) in [6.07, 6.45) is 5.15. The van der Waals surface area contributed by atoms with Crippen molar-refractivity contribution in [1.82, 2.24) is 9.80 Å². The Morgan fingerprint density at radius 3 is 1.53 bits per heavy atom. The Morgan fingerprint density at radius 1 is 0.686 bits per heavy atom. The molecule has 1 fully saturated rings. The van der Waals surface area contributed by atoms with Gasteiger partial charge < -0.3 is 24.2 Å². The summed E-state index contributed by atoms with van der Waals surface area (Å²) in [6, 6.07) is 24.3. The van der Waals surface area contributed by atoms with Gasteiger partial charge in [-0.2, -0.15) is 0 Å². The number of piperidine rings is 1. The number of likely N-dealkylation sites (tertiary alicyclic amines) is 1. The predicted octanol–water partition coefficient (Wildman–Crippen LogP) is 10.2. The molecule has 0 unspecified atom stereocenters. The van der Waals surface area contributed by atoms with E-state index in [-0.39, 0.29) is 6.61 Å². The molecule has 0 spiro atoms. The topological polar surface area (TPSA) is 71.5 Å². The fraction of sp³-hybridized carbons (Fsp3) is 0.537. The van der Waals surface area contributed by atoms with Gasteiger partial charge in [-0.05, 0) is 101 Å². The molecule has 0 atom stereocenters. The molecular weight excluding hydrogens is 697 g/mol. The van der Waals surface area contributed by atoms with Crippen LogP contribution >= 0.6 is 35.3 Å². The monoisotopic (exact) mass is 758 g/mol. The maximum absolute atomic E-state index is 10.3. The molecule has 4 rings (SSSR count). The highest BCUT2D eigenvalue weighted by Crippen LogP contribution is 2.28. The summed E-state index contributed by atoms with van der Waals surface area (Å²) in [7, 11) is 4.17. The van der Waals surface area contributed by atoms with Crippen molar-refractivity contribution in [3.8, 4) is 17.2 Å². The van der Waals surface area contributed by atoms with Crippen LogP contribution in [-0.2, 0) is 4.79 Å². The van der Waals surface area contributed by atoms with Crippen molar-refractivity contribution in [3.05, 3.63) is 72.8 Å². The summed E-state index contributed by atoms with van der Waals surface area (Å²) in [6.45, 7) is 19.0. The van der Waals surface area contributed by atoms with Crippen LogP contribution in [0.2, 0.25) is 0 Å². The molecule has 0 saturated carbocycles. The van der Waals surface area contributed by atoms with E-state index in [4.69, 9.17) is 19.3 Å². The second-order valence-corrected chi connectivity index (χ2v) is 18.3. The summed E-state index contributed by atoms with van der Waals surface area (Å²) < 4.78 is 16.7. The first-order valence-electron chi connectivity index (χ1n) is 18.2. The zero-order valence-corrected chi connectivity index (χ0v) is 34.6. The number of hydrogen-bond donors (Lipinski definition) is 1. The molecular formula is C41H62N2O5S3. The molecule has 1 aliphatic rings. The van der Waals surface area contributed by atoms with E-state index < -0.39 is 5.97 Å². The smallest absolute Gasteiger partial charge is 0.341 e. The summed E-state index contributed by atoms with van der Waals surface area (Å²) in [5, 5.41) is 10.2. The minimum absolute atomic E-state index is 0.296. The van der Waals surface area contributed by atoms with Crippen LogP contribution in [-0.4, -0.2) is 96.7 Å². The molecule has 284 valence electrons. The quantitative estimate of drug-likeness (QED) is 0.100. The van der Waals surface area contributed by atoms with Gasteiger partial charge in [0, 0.05) is 43.5 Å². The number of benzene rings is 3. The van der Waals surface area contributed by atoms with Gasteiger partial charge in [0.2, 0.25) is 0 Å². The summed E-state index contributed by atoms with van der Waals surface area (Å²) >= 11 is 5.47. The van der Waals surface area contributed by atoms with E-state index >= 15 is 0 Å². The molecule has 10 heteroatoms. The molecule has 1 heterocycles. The number of aliphatic carboxylic acids is 1. The fourth-order valence-electron chi connectivity index (χ4n) is 4.92. The van der Waals surface area contributed by atoms with Crippen LogP contribution in [0.15, 0.2) is 87.5 Å². The van der Waals surface area contributed by atoms with E-state index in [1.165, 1.54) is 42.1 Å². The van der Waals surface area contributed by atoms with Crippen LogP contribution < -0.4 is 14.2 Å². The average molecular weight is 759 g/mol. The van der Waals surface area contributed by atoms with E-state index in [0.29, 0.717) is 21.5 Å². The predicted molar refractivity (Wildman–Crippen MR) is 220 cm³/mol. The van der Waals surface area contributed by atoms with Crippen LogP contribution in [0.1, 0.15) is 67.2 Å². The summed E-state index contributed by atoms with van der Waals surface area (Å²) in [5.41, 5.74) is 0. The van der Waals surface area contributed by atoms with Crippen molar-refractivity contribution in [3.63, 3.8) is 0 Å². The Morgan fingerprint density at radius 2 is 1.12 bits per heavy atom. The van der Waals surface area contributed by atoms with E-state index in [9.17, 15) is 4.79 Å². The van der Waals surface area contributed by atoms with Crippen molar-refractivity contribution >= 4 is 41.3 Å². The lowest BCUT2D eigenvalue weighted by Gasteiger charge is -2.26. The first-order valence-corrected chi connectivity index (χ1v) is 20.8. The number of carboxylic acids is 1. The Bertz CT molecular complexity index is 1370. The van der Waals surface area contributed by atoms with Crippen molar-refractivity contribution in [2.75, 3.05) is 60.1 Å². The SMILES string of the molecule is CC(C)Sc1cccc(OCC(=O)O)c1.CC(C)Sc1cccc(OCCCN(C)C)c1.CC(C)Sc1cccc(OCCN2CCCCC2)c1. The van der Waals surface area contributed by atoms with Crippen LogP contribution in [0.3, 0.4) is 0 Å². The standard InChI is InChI=1S/C16H25NOS.C14H23NOS.C11H14O3S/c1-14(2)19-16-8-6-7-15(13-16)18-12-11-17-9-4-3-5-10-17;1-12(2)17-14-8-5-7-13(11-14)16-10-6-9-15(3)4;1-8(2)15-10-5-3-4-9(6-10)14-7-11(12)13/h6-8,13-14H,3-5,9-12H2,1-2H3;5,7-8,11-12H,6,9-10H2,1-4H3;3-6,8H,7H2,1-2H3,(H,12,13). The van der Waals surface area contributed by atoms with Crippen molar-refractivity contribution in [1.29, 1.82) is 0 Å². The second kappa shape index (κ2) is 26.3. The average Bonchev–Trinajstić information content (AvgIpc) is 3.06. The highest BCUT2D eigenvalue weighted by Gasteiger charge is 2.10. The van der Waals surface area contributed by atoms with Gasteiger partial charge in [-0.15, -0.1) is 35.3 Å². The molecule has 3 aromatic carbocycles. The molecule has 1 saturated heterocycles. The van der Waals surface area contributed by atoms with Gasteiger partial charge in [-0.25, -0.2) is 4.79 Å². The van der Waals surface area contributed by atoms with Crippen LogP contribution in [0.5, 0.6) is 17.2 Å². The van der Waals surface area contributed by atoms with Gasteiger partial charge in [0.05, 0.1) is 6.61 Å². The second-order valence-electron chi connectivity index (χ2n) is 13.4. The molecule has 3 aromatic rings. The Labute approximate surface area is 321 Å². The zero-order valence-electron chi connectivity index (χ0n) is 32.1. The van der Waals surface area contributed by atoms with Crippen molar-refractivity contribution < 1.29 is 24.1 Å². The van der Waals surface area contributed by atoms with Gasteiger partial charge in [0.15, 0.2) is 6.61 Å². The Balaban J connectivity index is 0.000000267. The largest absolute Gasteiger partial charge is 0.494 e. The Kier molecular flexibility index (Phi) is 23.0. The van der Waals surface area contributed by atoms with Gasteiger partial charge in [0.25, 0.3) is 0 Å². The third-order valence-corrected chi connectivity index (χ3v) is 10.0. The van der Waals surface area contributed by atoms with Crippen molar-refractivity contribution in [2.45, 2.75) is 97.7 Å². The van der Waals surface area contributed by atoms with Gasteiger partial charge >= 0.3 is 5.97 Å². The van der Waals surface area contributed by atoms with Gasteiger partial charge in [-0.1, -0.05) is 66.2 Å². The van der Waals surface area contributed by atoms with Gasteiger partial charge in [-0.3, -0.25) is 4.90 Å². The fourth-order valence-corrected chi connectivity index (χ4v) is 7.58. The number of thioether (sulfide) groups is 3. The molecule has 1 aliphatic heterocycles. The lowest BCUT2D eigenvalue weighted by molar-refractivity contribution is -0.139. The number of ether oxygens (including phenoxy) is 3. The highest BCUT2D eigenvalue weighted by molar-refractivity contribution is 8.00. The van der Waals surface area contributed by atoms with Crippen LogP contribution in [0.4, 0.5) is 0 Å². The summed E-state index contributed by atoms with van der Waals surface area (Å²) in [4.78, 5) is 18.7. The third kappa shape index (κ3) is 22.9. The minimum Gasteiger partial charge on any atom is -0.494 e. The first kappa shape index (κ1) is 44.7. The molecule has 0 radical (unpaired) electrons. The maximum atomic E-state index is 10.3. The minimum atomic E-state index is -0.961. The van der Waals surface area contributed by atoms with Gasteiger partial charge in [0.1, 0.15) is 23.9 Å². The number of rotatable bonds is 18. The molecule has 0 amide bonds. The van der Waals surface area contributed by atoms with E-state index in [1.807, 2.05) is 47.8 Å². The molecule has 0 aromatic heterocycles. The van der Waals surface area contributed by atoms with E-state index in [2.05, 4.69) is 108 Å².